The lowest BCUT2D eigenvalue weighted by molar-refractivity contribution is 0.466. The van der Waals surface area contributed by atoms with Crippen LogP contribution in [-0.2, 0) is 13.1 Å². The predicted molar refractivity (Wildman–Crippen MR) is 74.5 cm³/mol. The molecule has 0 aromatic heterocycles. The fourth-order valence-electron chi connectivity index (χ4n) is 2.15. The van der Waals surface area contributed by atoms with Crippen LogP contribution < -0.4 is 5.32 Å². The van der Waals surface area contributed by atoms with Crippen LogP contribution in [0.4, 0.5) is 4.39 Å². The van der Waals surface area contributed by atoms with Gasteiger partial charge < -0.3 is 10.4 Å². The van der Waals surface area contributed by atoms with Gasteiger partial charge in [0.05, 0.1) is 0 Å². The van der Waals surface area contributed by atoms with E-state index in [0.29, 0.717) is 18.8 Å². The maximum Gasteiger partial charge on any atom is 0.123 e. The molecule has 0 saturated carbocycles. The first-order valence-corrected chi connectivity index (χ1v) is 6.30. The summed E-state index contributed by atoms with van der Waals surface area (Å²) in [5.74, 6) is 0.143. The van der Waals surface area contributed by atoms with Gasteiger partial charge in [0.1, 0.15) is 11.6 Å². The molecule has 0 atom stereocenters. The minimum Gasteiger partial charge on any atom is -0.507 e. The lowest BCUT2D eigenvalue weighted by atomic mass is 10.1. The van der Waals surface area contributed by atoms with Crippen molar-refractivity contribution < 1.29 is 9.50 Å². The number of aromatic hydroxyl groups is 1. The van der Waals surface area contributed by atoms with Crippen molar-refractivity contribution >= 4 is 0 Å². The van der Waals surface area contributed by atoms with Gasteiger partial charge in [-0.15, -0.1) is 0 Å². The zero-order valence-corrected chi connectivity index (χ0v) is 11.2. The normalized spacial score (nSPS) is 10.7. The van der Waals surface area contributed by atoms with Gasteiger partial charge in [-0.05, 0) is 48.2 Å². The molecule has 100 valence electrons. The second-order valence-corrected chi connectivity index (χ2v) is 4.81. The smallest absolute Gasteiger partial charge is 0.123 e. The third-order valence-corrected chi connectivity index (χ3v) is 3.10. The van der Waals surface area contributed by atoms with E-state index < -0.39 is 0 Å². The van der Waals surface area contributed by atoms with Gasteiger partial charge in [0, 0.05) is 13.1 Å². The van der Waals surface area contributed by atoms with Crippen LogP contribution in [0.15, 0.2) is 36.4 Å². The van der Waals surface area contributed by atoms with Crippen molar-refractivity contribution in [3.8, 4) is 5.75 Å². The van der Waals surface area contributed by atoms with Gasteiger partial charge in [-0.25, -0.2) is 4.39 Å². The topological polar surface area (TPSA) is 32.3 Å². The summed E-state index contributed by atoms with van der Waals surface area (Å²) < 4.78 is 13.0. The number of nitrogens with one attached hydrogen (secondary N) is 1. The Morgan fingerprint density at radius 1 is 1.00 bits per heavy atom. The SMILES string of the molecule is Cc1cc(CNCc2cccc(F)c2)cc(C)c1O. The first-order chi connectivity index (χ1) is 9.06. The molecule has 0 aliphatic heterocycles. The molecule has 0 radical (unpaired) electrons. The quantitative estimate of drug-likeness (QED) is 0.881. The van der Waals surface area contributed by atoms with Crippen molar-refractivity contribution in [1.82, 2.24) is 5.32 Å². The number of hydrogen-bond donors (Lipinski definition) is 2. The number of benzene rings is 2. The molecule has 0 bridgehead atoms. The Kier molecular flexibility index (Phi) is 4.17. The molecule has 2 aromatic rings. The van der Waals surface area contributed by atoms with E-state index in [1.807, 2.05) is 32.0 Å². The largest absolute Gasteiger partial charge is 0.507 e. The molecule has 0 spiro atoms. The highest BCUT2D eigenvalue weighted by atomic mass is 19.1. The molecule has 0 aliphatic rings. The predicted octanol–water partition coefficient (Wildman–Crippen LogP) is 3.44. The zero-order valence-electron chi connectivity index (χ0n) is 11.2. The van der Waals surface area contributed by atoms with Crippen molar-refractivity contribution in [2.45, 2.75) is 26.9 Å². The molecule has 3 heteroatoms. The van der Waals surface area contributed by atoms with Crippen LogP contribution in [-0.4, -0.2) is 5.11 Å². The van der Waals surface area contributed by atoms with Crippen LogP contribution in [0.25, 0.3) is 0 Å². The summed E-state index contributed by atoms with van der Waals surface area (Å²) in [6, 6.07) is 10.5. The molecule has 0 aliphatic carbocycles. The number of aryl methyl sites for hydroxylation is 2. The summed E-state index contributed by atoms with van der Waals surface area (Å²) in [5, 5.41) is 13.0. The van der Waals surface area contributed by atoms with Crippen LogP contribution >= 0.6 is 0 Å². The van der Waals surface area contributed by atoms with Crippen LogP contribution in [0.5, 0.6) is 5.75 Å². The number of phenolic OH excluding ortho intramolecular Hbond substituents is 1. The number of halogens is 1. The van der Waals surface area contributed by atoms with Crippen LogP contribution in [0, 0.1) is 19.7 Å². The molecule has 0 amide bonds. The Morgan fingerprint density at radius 2 is 1.63 bits per heavy atom. The van der Waals surface area contributed by atoms with Gasteiger partial charge in [-0.2, -0.15) is 0 Å². The Labute approximate surface area is 112 Å². The van der Waals surface area contributed by atoms with Crippen LogP contribution in [0.1, 0.15) is 22.3 Å². The van der Waals surface area contributed by atoms with Gasteiger partial charge in [-0.1, -0.05) is 24.3 Å². The summed E-state index contributed by atoms with van der Waals surface area (Å²) in [6.45, 7) is 5.09. The molecule has 19 heavy (non-hydrogen) atoms. The Bertz CT molecular complexity index is 558. The summed E-state index contributed by atoms with van der Waals surface area (Å²) >= 11 is 0. The lowest BCUT2D eigenvalue weighted by Gasteiger charge is -2.09. The van der Waals surface area contributed by atoms with Crippen LogP contribution in [0.2, 0.25) is 0 Å². The molecular weight excluding hydrogens is 241 g/mol. The average Bonchev–Trinajstić information content (AvgIpc) is 2.36. The van der Waals surface area contributed by atoms with Crippen molar-refractivity contribution in [3.63, 3.8) is 0 Å². The molecule has 2 rings (SSSR count). The lowest BCUT2D eigenvalue weighted by Crippen LogP contribution is -2.13. The molecule has 0 heterocycles. The third kappa shape index (κ3) is 3.55. The minimum absolute atomic E-state index is 0.212. The van der Waals surface area contributed by atoms with Gasteiger partial charge >= 0.3 is 0 Å². The first-order valence-electron chi connectivity index (χ1n) is 6.30. The summed E-state index contributed by atoms with van der Waals surface area (Å²) in [4.78, 5) is 0. The third-order valence-electron chi connectivity index (χ3n) is 3.10. The highest BCUT2D eigenvalue weighted by Crippen LogP contribution is 2.22. The molecule has 2 aromatic carbocycles. The molecule has 2 nitrogen and oxygen atoms in total. The maximum absolute atomic E-state index is 13.0. The van der Waals surface area contributed by atoms with E-state index in [1.165, 1.54) is 12.1 Å². The highest BCUT2D eigenvalue weighted by molar-refractivity contribution is 5.42. The van der Waals surface area contributed by atoms with E-state index in [2.05, 4.69) is 5.32 Å². The average molecular weight is 259 g/mol. The summed E-state index contributed by atoms with van der Waals surface area (Å²) in [7, 11) is 0. The van der Waals surface area contributed by atoms with E-state index >= 15 is 0 Å². The van der Waals surface area contributed by atoms with E-state index in [1.54, 1.807) is 6.07 Å². The van der Waals surface area contributed by atoms with E-state index in [0.717, 1.165) is 22.3 Å². The van der Waals surface area contributed by atoms with Gasteiger partial charge in [0.15, 0.2) is 0 Å². The Balaban J connectivity index is 1.96. The number of phenols is 1. The molecular formula is C16H18FNO. The Morgan fingerprint density at radius 3 is 2.26 bits per heavy atom. The van der Waals surface area contributed by atoms with Gasteiger partial charge in [0.25, 0.3) is 0 Å². The van der Waals surface area contributed by atoms with Crippen molar-refractivity contribution in [3.05, 3.63) is 64.5 Å². The van der Waals surface area contributed by atoms with E-state index in [-0.39, 0.29) is 5.82 Å². The highest BCUT2D eigenvalue weighted by Gasteiger charge is 2.03. The van der Waals surface area contributed by atoms with E-state index in [4.69, 9.17) is 0 Å². The Hall–Kier alpha value is -1.87. The molecule has 0 saturated heterocycles. The number of hydrogen-bond acceptors (Lipinski definition) is 2. The zero-order chi connectivity index (χ0) is 13.8. The molecule has 2 N–H and O–H groups in total. The van der Waals surface area contributed by atoms with Crippen molar-refractivity contribution in [2.75, 3.05) is 0 Å². The first kappa shape index (κ1) is 13.6. The van der Waals surface area contributed by atoms with Gasteiger partial charge in [0.2, 0.25) is 0 Å². The van der Waals surface area contributed by atoms with Gasteiger partial charge in [-0.3, -0.25) is 0 Å². The maximum atomic E-state index is 13.0. The van der Waals surface area contributed by atoms with Crippen molar-refractivity contribution in [1.29, 1.82) is 0 Å². The number of rotatable bonds is 4. The van der Waals surface area contributed by atoms with E-state index in [9.17, 15) is 9.50 Å². The second-order valence-electron chi connectivity index (χ2n) is 4.81. The molecule has 0 unspecified atom stereocenters. The minimum atomic E-state index is -0.212. The second kappa shape index (κ2) is 5.85. The summed E-state index contributed by atoms with van der Waals surface area (Å²) in [5.41, 5.74) is 3.79. The standard InChI is InChI=1S/C16H18FNO/c1-11-6-14(7-12(2)16(11)19)10-18-9-13-4-3-5-15(17)8-13/h3-8,18-19H,9-10H2,1-2H3. The fourth-order valence-corrected chi connectivity index (χ4v) is 2.15. The fraction of sp³-hybridized carbons (Fsp3) is 0.250. The monoisotopic (exact) mass is 259 g/mol. The molecule has 0 fully saturated rings. The van der Waals surface area contributed by atoms with Crippen molar-refractivity contribution in [2.24, 2.45) is 0 Å². The van der Waals surface area contributed by atoms with Crippen LogP contribution in [0.3, 0.4) is 0 Å². The summed E-state index contributed by atoms with van der Waals surface area (Å²) in [6.07, 6.45) is 0.